The smallest absolute Gasteiger partial charge is 0.253 e. The number of rotatable bonds is 3. The van der Waals surface area contributed by atoms with Gasteiger partial charge in [-0.3, -0.25) is 9.78 Å². The summed E-state index contributed by atoms with van der Waals surface area (Å²) >= 11 is 0. The summed E-state index contributed by atoms with van der Waals surface area (Å²) in [6.45, 7) is 4.35. The molecule has 104 valence electrons. The molecule has 1 fully saturated rings. The molecule has 4 heteroatoms. The van der Waals surface area contributed by atoms with E-state index in [2.05, 4.69) is 11.9 Å². The lowest BCUT2D eigenvalue weighted by Gasteiger charge is -2.20. The Morgan fingerprint density at radius 3 is 3.05 bits per heavy atom. The van der Waals surface area contributed by atoms with Gasteiger partial charge in [-0.05, 0) is 37.3 Å². The van der Waals surface area contributed by atoms with Crippen LogP contribution in [0.1, 0.15) is 48.7 Å². The molecule has 1 saturated heterocycles. The predicted octanol–water partition coefficient (Wildman–Crippen LogP) is 2.19. The SMILES string of the molecule is CCC1CCCN(C(=O)c2ccnc(CN)c2)CC1. The van der Waals surface area contributed by atoms with Crippen LogP contribution in [0.3, 0.4) is 0 Å². The van der Waals surface area contributed by atoms with E-state index in [-0.39, 0.29) is 5.91 Å². The average molecular weight is 261 g/mol. The zero-order valence-electron chi connectivity index (χ0n) is 11.6. The summed E-state index contributed by atoms with van der Waals surface area (Å²) in [4.78, 5) is 18.6. The highest BCUT2D eigenvalue weighted by Gasteiger charge is 2.20. The van der Waals surface area contributed by atoms with Crippen LogP contribution in [0.15, 0.2) is 18.3 Å². The Labute approximate surface area is 115 Å². The molecular weight excluding hydrogens is 238 g/mol. The molecule has 1 aromatic heterocycles. The second kappa shape index (κ2) is 6.66. The standard InChI is InChI=1S/C15H23N3O/c1-2-12-4-3-8-18(9-6-12)15(19)13-5-7-17-14(10-13)11-16/h5,7,10,12H,2-4,6,8-9,11,16H2,1H3. The van der Waals surface area contributed by atoms with Gasteiger partial charge in [-0.1, -0.05) is 13.3 Å². The first-order chi connectivity index (χ1) is 9.24. The van der Waals surface area contributed by atoms with Crippen LogP contribution in [-0.4, -0.2) is 28.9 Å². The van der Waals surface area contributed by atoms with Crippen molar-refractivity contribution in [3.05, 3.63) is 29.6 Å². The van der Waals surface area contributed by atoms with Crippen LogP contribution < -0.4 is 5.73 Å². The lowest BCUT2D eigenvalue weighted by Crippen LogP contribution is -2.32. The Hall–Kier alpha value is -1.42. The number of amides is 1. The lowest BCUT2D eigenvalue weighted by molar-refractivity contribution is 0.0759. The highest BCUT2D eigenvalue weighted by atomic mass is 16.2. The minimum atomic E-state index is 0.119. The molecule has 2 heterocycles. The van der Waals surface area contributed by atoms with E-state index in [1.165, 1.54) is 12.8 Å². The molecule has 1 unspecified atom stereocenters. The van der Waals surface area contributed by atoms with E-state index in [0.29, 0.717) is 12.1 Å². The molecule has 0 aromatic carbocycles. The van der Waals surface area contributed by atoms with Gasteiger partial charge in [0.15, 0.2) is 0 Å². The van der Waals surface area contributed by atoms with Gasteiger partial charge in [0, 0.05) is 31.4 Å². The molecule has 0 aliphatic carbocycles. The Morgan fingerprint density at radius 1 is 1.47 bits per heavy atom. The molecule has 1 aliphatic rings. The monoisotopic (exact) mass is 261 g/mol. The molecule has 1 aliphatic heterocycles. The Balaban J connectivity index is 2.06. The summed E-state index contributed by atoms with van der Waals surface area (Å²) in [5.74, 6) is 0.892. The molecule has 0 radical (unpaired) electrons. The summed E-state index contributed by atoms with van der Waals surface area (Å²) < 4.78 is 0. The predicted molar refractivity (Wildman–Crippen MR) is 75.7 cm³/mol. The summed E-state index contributed by atoms with van der Waals surface area (Å²) in [5.41, 5.74) is 7.05. The van der Waals surface area contributed by atoms with Crippen LogP contribution in [0.25, 0.3) is 0 Å². The number of pyridine rings is 1. The molecule has 1 atom stereocenters. The van der Waals surface area contributed by atoms with Gasteiger partial charge in [-0.2, -0.15) is 0 Å². The van der Waals surface area contributed by atoms with Gasteiger partial charge in [0.1, 0.15) is 0 Å². The second-order valence-electron chi connectivity index (χ2n) is 5.24. The Bertz CT molecular complexity index is 433. The van der Waals surface area contributed by atoms with Gasteiger partial charge in [0.25, 0.3) is 5.91 Å². The van der Waals surface area contributed by atoms with Crippen molar-refractivity contribution in [1.82, 2.24) is 9.88 Å². The molecule has 0 saturated carbocycles. The molecule has 1 amide bonds. The fourth-order valence-corrected chi connectivity index (χ4v) is 2.68. The topological polar surface area (TPSA) is 59.2 Å². The van der Waals surface area contributed by atoms with Crippen LogP contribution in [0.4, 0.5) is 0 Å². The molecule has 1 aromatic rings. The summed E-state index contributed by atoms with van der Waals surface area (Å²) in [7, 11) is 0. The first-order valence-corrected chi connectivity index (χ1v) is 7.19. The summed E-state index contributed by atoms with van der Waals surface area (Å²) in [6.07, 6.45) is 6.36. The van der Waals surface area contributed by atoms with Crippen LogP contribution in [0, 0.1) is 5.92 Å². The molecule has 2 N–H and O–H groups in total. The van der Waals surface area contributed by atoms with Gasteiger partial charge < -0.3 is 10.6 Å². The largest absolute Gasteiger partial charge is 0.339 e. The van der Waals surface area contributed by atoms with Crippen LogP contribution in [-0.2, 0) is 6.54 Å². The normalized spacial score (nSPS) is 20.1. The zero-order valence-corrected chi connectivity index (χ0v) is 11.6. The number of hydrogen-bond donors (Lipinski definition) is 1. The van der Waals surface area contributed by atoms with Gasteiger partial charge in [-0.15, -0.1) is 0 Å². The molecule has 0 bridgehead atoms. The number of likely N-dealkylation sites (tertiary alicyclic amines) is 1. The fourth-order valence-electron chi connectivity index (χ4n) is 2.68. The third kappa shape index (κ3) is 3.53. The number of nitrogens with zero attached hydrogens (tertiary/aromatic N) is 2. The summed E-state index contributed by atoms with van der Waals surface area (Å²) in [5, 5.41) is 0. The second-order valence-corrected chi connectivity index (χ2v) is 5.24. The molecule has 4 nitrogen and oxygen atoms in total. The van der Waals surface area contributed by atoms with E-state index < -0.39 is 0 Å². The fraction of sp³-hybridized carbons (Fsp3) is 0.600. The van der Waals surface area contributed by atoms with Crippen molar-refractivity contribution in [2.75, 3.05) is 13.1 Å². The third-order valence-corrected chi connectivity index (χ3v) is 3.98. The van der Waals surface area contributed by atoms with Crippen molar-refractivity contribution in [1.29, 1.82) is 0 Å². The van der Waals surface area contributed by atoms with Crippen molar-refractivity contribution in [3.63, 3.8) is 0 Å². The van der Waals surface area contributed by atoms with Gasteiger partial charge in [0.2, 0.25) is 0 Å². The zero-order chi connectivity index (χ0) is 13.7. The molecule has 2 rings (SSSR count). The maximum absolute atomic E-state index is 12.5. The average Bonchev–Trinajstić information content (AvgIpc) is 2.72. The van der Waals surface area contributed by atoms with Crippen LogP contribution >= 0.6 is 0 Å². The Kier molecular flexibility index (Phi) is 4.91. The number of hydrogen-bond acceptors (Lipinski definition) is 3. The molecule has 0 spiro atoms. The first-order valence-electron chi connectivity index (χ1n) is 7.19. The first kappa shape index (κ1) is 14.0. The van der Waals surface area contributed by atoms with Crippen molar-refractivity contribution in [2.45, 2.75) is 39.2 Å². The number of carbonyl (C=O) groups is 1. The van der Waals surface area contributed by atoms with E-state index >= 15 is 0 Å². The van der Waals surface area contributed by atoms with Crippen LogP contribution in [0.5, 0.6) is 0 Å². The van der Waals surface area contributed by atoms with E-state index in [1.54, 1.807) is 12.3 Å². The summed E-state index contributed by atoms with van der Waals surface area (Å²) in [6, 6.07) is 3.59. The highest BCUT2D eigenvalue weighted by Crippen LogP contribution is 2.21. The van der Waals surface area contributed by atoms with E-state index in [0.717, 1.165) is 37.5 Å². The van der Waals surface area contributed by atoms with Crippen molar-refractivity contribution in [2.24, 2.45) is 11.7 Å². The highest BCUT2D eigenvalue weighted by molar-refractivity contribution is 5.94. The lowest BCUT2D eigenvalue weighted by atomic mass is 9.98. The van der Waals surface area contributed by atoms with Gasteiger partial charge in [-0.25, -0.2) is 0 Å². The van der Waals surface area contributed by atoms with E-state index in [4.69, 9.17) is 5.73 Å². The van der Waals surface area contributed by atoms with Gasteiger partial charge >= 0.3 is 0 Å². The maximum atomic E-state index is 12.5. The third-order valence-electron chi connectivity index (χ3n) is 3.98. The van der Waals surface area contributed by atoms with E-state index in [9.17, 15) is 4.79 Å². The number of aromatic nitrogens is 1. The maximum Gasteiger partial charge on any atom is 0.253 e. The van der Waals surface area contributed by atoms with Crippen molar-refractivity contribution < 1.29 is 4.79 Å². The number of carbonyl (C=O) groups excluding carboxylic acids is 1. The van der Waals surface area contributed by atoms with Crippen molar-refractivity contribution >= 4 is 5.91 Å². The minimum Gasteiger partial charge on any atom is -0.339 e. The molecule has 19 heavy (non-hydrogen) atoms. The molecular formula is C15H23N3O. The van der Waals surface area contributed by atoms with E-state index in [1.807, 2.05) is 11.0 Å². The van der Waals surface area contributed by atoms with Crippen molar-refractivity contribution in [3.8, 4) is 0 Å². The quantitative estimate of drug-likeness (QED) is 0.907. The van der Waals surface area contributed by atoms with Gasteiger partial charge in [0.05, 0.1) is 5.69 Å². The van der Waals surface area contributed by atoms with Crippen LogP contribution in [0.2, 0.25) is 0 Å². The minimum absolute atomic E-state index is 0.119. The number of nitrogens with two attached hydrogens (primary N) is 1. The Morgan fingerprint density at radius 2 is 2.32 bits per heavy atom.